The van der Waals surface area contributed by atoms with Crippen LogP contribution >= 0.6 is 0 Å². The van der Waals surface area contributed by atoms with Gasteiger partial charge in [0.1, 0.15) is 11.9 Å². The lowest BCUT2D eigenvalue weighted by atomic mass is 10.1. The van der Waals surface area contributed by atoms with Crippen LogP contribution in [-0.2, 0) is 19.0 Å². The van der Waals surface area contributed by atoms with E-state index in [-0.39, 0.29) is 18.5 Å². The van der Waals surface area contributed by atoms with Crippen LogP contribution in [0.2, 0.25) is 0 Å². The van der Waals surface area contributed by atoms with Crippen LogP contribution in [0.4, 0.5) is 0 Å². The molecule has 19 heavy (non-hydrogen) atoms. The highest BCUT2D eigenvalue weighted by molar-refractivity contribution is 5.88. The molecule has 0 N–H and O–H groups in total. The quantitative estimate of drug-likeness (QED) is 0.810. The van der Waals surface area contributed by atoms with E-state index >= 15 is 0 Å². The molecule has 2 heterocycles. The molecule has 3 rings (SSSR count). The molecule has 0 unspecified atom stereocenters. The average molecular weight is 264 g/mol. The van der Waals surface area contributed by atoms with Gasteiger partial charge in [0.25, 0.3) is 6.29 Å². The van der Waals surface area contributed by atoms with Crippen molar-refractivity contribution in [3.05, 3.63) is 30.3 Å². The van der Waals surface area contributed by atoms with Gasteiger partial charge in [-0.25, -0.2) is 0 Å². The molecule has 0 aliphatic carbocycles. The van der Waals surface area contributed by atoms with Crippen LogP contribution in [0.25, 0.3) is 0 Å². The Morgan fingerprint density at radius 2 is 1.95 bits per heavy atom. The van der Waals surface area contributed by atoms with E-state index in [1.165, 1.54) is 0 Å². The van der Waals surface area contributed by atoms with Crippen molar-refractivity contribution in [3.63, 3.8) is 0 Å². The Labute approximate surface area is 111 Å². The van der Waals surface area contributed by atoms with E-state index in [1.54, 1.807) is 26.0 Å². The van der Waals surface area contributed by atoms with E-state index in [2.05, 4.69) is 0 Å². The zero-order chi connectivity index (χ0) is 13.5. The topological polar surface area (TPSA) is 54.0 Å². The number of carbonyl (C=O) groups is 1. The smallest absolute Gasteiger partial charge is 0.262 e. The number of hydrogen-bond acceptors (Lipinski definition) is 5. The van der Waals surface area contributed by atoms with E-state index < -0.39 is 18.2 Å². The lowest BCUT2D eigenvalue weighted by Gasteiger charge is -2.28. The number of Topliss-reactive ketones (excluding diaryl/α,β-unsaturated/α-hetero) is 1. The first-order chi connectivity index (χ1) is 9.05. The van der Waals surface area contributed by atoms with Gasteiger partial charge in [-0.3, -0.25) is 4.79 Å². The Kier molecular flexibility index (Phi) is 3.05. The number of hydrogen-bond donors (Lipinski definition) is 0. The highest BCUT2D eigenvalue weighted by Crippen LogP contribution is 2.32. The van der Waals surface area contributed by atoms with Crippen molar-refractivity contribution in [3.8, 4) is 5.75 Å². The molecule has 0 bridgehead atoms. The molecule has 102 valence electrons. The van der Waals surface area contributed by atoms with Crippen LogP contribution in [0.5, 0.6) is 5.75 Å². The second-order valence-corrected chi connectivity index (χ2v) is 5.09. The largest absolute Gasteiger partial charge is 0.457 e. The van der Waals surface area contributed by atoms with Gasteiger partial charge < -0.3 is 18.9 Å². The zero-order valence-corrected chi connectivity index (χ0v) is 10.9. The molecule has 2 aliphatic rings. The summed E-state index contributed by atoms with van der Waals surface area (Å²) in [6.45, 7) is 3.86. The standard InChI is InChI=1S/C14H16O5/c1-14(2)18-10-8-16-13(11(15)12(10)19-14)17-9-6-4-3-5-7-9/h3-7,10,12-13H,8H2,1-2H3/t10-,12-,13+/m0/s1. The summed E-state index contributed by atoms with van der Waals surface area (Å²) < 4.78 is 22.2. The van der Waals surface area contributed by atoms with Crippen LogP contribution in [0, 0.1) is 0 Å². The van der Waals surface area contributed by atoms with Crippen LogP contribution in [-0.4, -0.2) is 36.7 Å². The summed E-state index contributed by atoms with van der Waals surface area (Å²) in [6, 6.07) is 9.10. The van der Waals surface area contributed by atoms with E-state index in [4.69, 9.17) is 18.9 Å². The van der Waals surface area contributed by atoms with E-state index in [0.29, 0.717) is 5.75 Å². The van der Waals surface area contributed by atoms with E-state index in [9.17, 15) is 4.79 Å². The Hall–Kier alpha value is -1.43. The number of fused-ring (bicyclic) bond motifs is 1. The predicted octanol–water partition coefficient (Wildman–Crippen LogP) is 1.51. The molecule has 1 aromatic rings. The van der Waals surface area contributed by atoms with Crippen molar-refractivity contribution >= 4 is 5.78 Å². The second kappa shape index (κ2) is 4.59. The van der Waals surface area contributed by atoms with Gasteiger partial charge in [-0.05, 0) is 26.0 Å². The first kappa shape index (κ1) is 12.6. The fourth-order valence-electron chi connectivity index (χ4n) is 2.31. The number of benzene rings is 1. The van der Waals surface area contributed by atoms with E-state index in [1.807, 2.05) is 18.2 Å². The molecule has 5 heteroatoms. The Morgan fingerprint density at radius 1 is 1.21 bits per heavy atom. The summed E-state index contributed by atoms with van der Waals surface area (Å²) in [4.78, 5) is 12.2. The van der Waals surface area contributed by atoms with Crippen LogP contribution in [0.3, 0.4) is 0 Å². The predicted molar refractivity (Wildman–Crippen MR) is 65.6 cm³/mol. The Morgan fingerprint density at radius 3 is 2.68 bits per heavy atom. The van der Waals surface area contributed by atoms with Crippen molar-refractivity contribution in [1.29, 1.82) is 0 Å². The normalized spacial score (nSPS) is 32.9. The van der Waals surface area contributed by atoms with Crippen LogP contribution in [0.1, 0.15) is 13.8 Å². The summed E-state index contributed by atoms with van der Waals surface area (Å²) in [5, 5.41) is 0. The SMILES string of the molecule is CC1(C)O[C@H]2CO[C@H](Oc3ccccc3)C(=O)[C@H]2O1. The summed E-state index contributed by atoms with van der Waals surface area (Å²) in [6.07, 6.45) is -1.89. The minimum Gasteiger partial charge on any atom is -0.457 e. The maximum absolute atomic E-state index is 12.2. The number of ether oxygens (including phenoxy) is 4. The third-order valence-corrected chi connectivity index (χ3v) is 3.09. The van der Waals surface area contributed by atoms with Gasteiger partial charge in [0.2, 0.25) is 5.78 Å². The van der Waals surface area contributed by atoms with Gasteiger partial charge in [0, 0.05) is 0 Å². The van der Waals surface area contributed by atoms with E-state index in [0.717, 1.165) is 0 Å². The Balaban J connectivity index is 1.71. The molecule has 0 spiro atoms. The number of carbonyl (C=O) groups excluding carboxylic acids is 1. The number of para-hydroxylation sites is 1. The lowest BCUT2D eigenvalue weighted by Crippen LogP contribution is -2.50. The minimum absolute atomic E-state index is 0.231. The van der Waals surface area contributed by atoms with Crippen molar-refractivity contribution in [2.75, 3.05) is 6.61 Å². The molecule has 1 aromatic carbocycles. The maximum Gasteiger partial charge on any atom is 0.262 e. The molecular formula is C14H16O5. The summed E-state index contributed by atoms with van der Waals surface area (Å²) in [7, 11) is 0. The highest BCUT2D eigenvalue weighted by Gasteiger charge is 2.51. The molecule has 0 radical (unpaired) electrons. The Bertz CT molecular complexity index is 470. The lowest BCUT2D eigenvalue weighted by molar-refractivity contribution is -0.176. The van der Waals surface area contributed by atoms with Gasteiger partial charge in [0.05, 0.1) is 6.61 Å². The molecule has 2 aliphatic heterocycles. The molecule has 3 atom stereocenters. The number of rotatable bonds is 2. The molecule has 0 amide bonds. The number of ketones is 1. The maximum atomic E-state index is 12.2. The van der Waals surface area contributed by atoms with Gasteiger partial charge in [-0.2, -0.15) is 0 Å². The first-order valence-electron chi connectivity index (χ1n) is 6.28. The average Bonchev–Trinajstić information content (AvgIpc) is 2.70. The van der Waals surface area contributed by atoms with Gasteiger partial charge in [-0.1, -0.05) is 18.2 Å². The third kappa shape index (κ3) is 2.49. The summed E-state index contributed by atoms with van der Waals surface area (Å²) in [5.41, 5.74) is 0. The fourth-order valence-corrected chi connectivity index (χ4v) is 2.31. The van der Waals surface area contributed by atoms with Crippen LogP contribution in [0.15, 0.2) is 30.3 Å². The molecular weight excluding hydrogens is 248 g/mol. The molecule has 5 nitrogen and oxygen atoms in total. The summed E-state index contributed by atoms with van der Waals surface area (Å²) >= 11 is 0. The van der Waals surface area contributed by atoms with Crippen molar-refractivity contribution in [2.45, 2.75) is 38.1 Å². The molecule has 0 saturated carbocycles. The minimum atomic E-state index is -0.929. The van der Waals surface area contributed by atoms with Crippen molar-refractivity contribution in [1.82, 2.24) is 0 Å². The van der Waals surface area contributed by atoms with Gasteiger partial charge in [-0.15, -0.1) is 0 Å². The van der Waals surface area contributed by atoms with Gasteiger partial charge in [0.15, 0.2) is 11.9 Å². The molecule has 0 aromatic heterocycles. The molecule has 2 fully saturated rings. The highest BCUT2D eigenvalue weighted by atomic mass is 16.8. The van der Waals surface area contributed by atoms with Crippen molar-refractivity contribution in [2.24, 2.45) is 0 Å². The van der Waals surface area contributed by atoms with Gasteiger partial charge >= 0.3 is 0 Å². The van der Waals surface area contributed by atoms with Crippen LogP contribution < -0.4 is 4.74 Å². The fraction of sp³-hybridized carbons (Fsp3) is 0.500. The molecule has 2 saturated heterocycles. The third-order valence-electron chi connectivity index (χ3n) is 3.09. The first-order valence-corrected chi connectivity index (χ1v) is 6.28. The monoisotopic (exact) mass is 264 g/mol. The summed E-state index contributed by atoms with van der Waals surface area (Å²) in [5.74, 6) is -0.390. The second-order valence-electron chi connectivity index (χ2n) is 5.09. The van der Waals surface area contributed by atoms with Crippen molar-refractivity contribution < 1.29 is 23.7 Å². The zero-order valence-electron chi connectivity index (χ0n) is 10.9.